The second-order valence-corrected chi connectivity index (χ2v) is 4.48. The van der Waals surface area contributed by atoms with Gasteiger partial charge in [0.2, 0.25) is 0 Å². The fourth-order valence-corrected chi connectivity index (χ4v) is 2.56. The molecule has 1 saturated carbocycles. The van der Waals surface area contributed by atoms with Gasteiger partial charge in [-0.25, -0.2) is 0 Å². The molecule has 3 nitrogen and oxygen atoms in total. The molecular weight excluding hydrogens is 190 g/mol. The lowest BCUT2D eigenvalue weighted by molar-refractivity contribution is -0.145. The SMILES string of the molecule is CCN(CC)CC1CCCCC1C(=O)O. The Bertz CT molecular complexity index is 202. The Labute approximate surface area is 92.5 Å². The van der Waals surface area contributed by atoms with E-state index in [4.69, 9.17) is 5.11 Å². The molecule has 1 N–H and O–H groups in total. The summed E-state index contributed by atoms with van der Waals surface area (Å²) in [5.74, 6) is -0.317. The molecule has 0 aliphatic heterocycles. The molecule has 3 heteroatoms. The van der Waals surface area contributed by atoms with Gasteiger partial charge in [0.1, 0.15) is 0 Å². The van der Waals surface area contributed by atoms with Crippen LogP contribution in [0.2, 0.25) is 0 Å². The normalized spacial score (nSPS) is 26.9. The third-order valence-corrected chi connectivity index (χ3v) is 3.61. The van der Waals surface area contributed by atoms with Crippen molar-refractivity contribution in [3.8, 4) is 0 Å². The topological polar surface area (TPSA) is 40.5 Å². The highest BCUT2D eigenvalue weighted by Crippen LogP contribution is 2.30. The van der Waals surface area contributed by atoms with Gasteiger partial charge in [-0.2, -0.15) is 0 Å². The minimum absolute atomic E-state index is 0.0978. The molecule has 1 rings (SSSR count). The van der Waals surface area contributed by atoms with E-state index in [9.17, 15) is 4.79 Å². The van der Waals surface area contributed by atoms with Crippen LogP contribution >= 0.6 is 0 Å². The molecule has 0 amide bonds. The molecule has 2 atom stereocenters. The van der Waals surface area contributed by atoms with E-state index in [1.807, 2.05) is 0 Å². The quantitative estimate of drug-likeness (QED) is 0.761. The second kappa shape index (κ2) is 6.11. The highest BCUT2D eigenvalue weighted by molar-refractivity contribution is 5.70. The van der Waals surface area contributed by atoms with Gasteiger partial charge in [0.05, 0.1) is 5.92 Å². The molecule has 0 radical (unpaired) electrons. The lowest BCUT2D eigenvalue weighted by Gasteiger charge is -2.32. The van der Waals surface area contributed by atoms with Gasteiger partial charge in [0, 0.05) is 6.54 Å². The zero-order valence-electron chi connectivity index (χ0n) is 9.91. The van der Waals surface area contributed by atoms with Crippen LogP contribution in [0.1, 0.15) is 39.5 Å². The van der Waals surface area contributed by atoms with E-state index in [0.717, 1.165) is 38.9 Å². The van der Waals surface area contributed by atoms with Gasteiger partial charge in [-0.3, -0.25) is 4.79 Å². The summed E-state index contributed by atoms with van der Waals surface area (Å²) in [4.78, 5) is 13.4. The highest BCUT2D eigenvalue weighted by atomic mass is 16.4. The van der Waals surface area contributed by atoms with Gasteiger partial charge in [-0.15, -0.1) is 0 Å². The molecule has 1 aliphatic carbocycles. The van der Waals surface area contributed by atoms with E-state index in [1.165, 1.54) is 6.42 Å². The first-order valence-electron chi connectivity index (χ1n) is 6.14. The summed E-state index contributed by atoms with van der Waals surface area (Å²) in [6, 6.07) is 0. The molecule has 0 spiro atoms. The van der Waals surface area contributed by atoms with E-state index in [0.29, 0.717) is 5.92 Å². The zero-order valence-corrected chi connectivity index (χ0v) is 9.91. The van der Waals surface area contributed by atoms with E-state index in [1.54, 1.807) is 0 Å². The smallest absolute Gasteiger partial charge is 0.306 e. The Morgan fingerprint density at radius 3 is 2.40 bits per heavy atom. The van der Waals surface area contributed by atoms with Crippen molar-refractivity contribution in [3.63, 3.8) is 0 Å². The van der Waals surface area contributed by atoms with E-state index < -0.39 is 5.97 Å². The maximum absolute atomic E-state index is 11.1. The number of carboxylic acids is 1. The second-order valence-electron chi connectivity index (χ2n) is 4.48. The largest absolute Gasteiger partial charge is 0.481 e. The fourth-order valence-electron chi connectivity index (χ4n) is 2.56. The number of hydrogen-bond acceptors (Lipinski definition) is 2. The molecule has 0 bridgehead atoms. The Kier molecular flexibility index (Phi) is 5.09. The monoisotopic (exact) mass is 213 g/mol. The van der Waals surface area contributed by atoms with Crippen molar-refractivity contribution < 1.29 is 9.90 Å². The molecule has 0 saturated heterocycles. The van der Waals surface area contributed by atoms with Gasteiger partial charge >= 0.3 is 5.97 Å². The lowest BCUT2D eigenvalue weighted by Crippen LogP contribution is -2.37. The molecule has 15 heavy (non-hydrogen) atoms. The summed E-state index contributed by atoms with van der Waals surface area (Å²) in [7, 11) is 0. The minimum Gasteiger partial charge on any atom is -0.481 e. The first kappa shape index (κ1) is 12.5. The van der Waals surface area contributed by atoms with Crippen LogP contribution < -0.4 is 0 Å². The number of nitrogens with zero attached hydrogens (tertiary/aromatic N) is 1. The molecule has 1 aliphatic rings. The summed E-state index contributed by atoms with van der Waals surface area (Å²) in [5, 5.41) is 9.15. The van der Waals surface area contributed by atoms with Crippen LogP contribution in [-0.2, 0) is 4.79 Å². The average Bonchev–Trinajstić information content (AvgIpc) is 2.26. The van der Waals surface area contributed by atoms with Crippen LogP contribution in [0.5, 0.6) is 0 Å². The maximum Gasteiger partial charge on any atom is 0.306 e. The van der Waals surface area contributed by atoms with Gasteiger partial charge in [0.15, 0.2) is 0 Å². The van der Waals surface area contributed by atoms with Crippen LogP contribution in [-0.4, -0.2) is 35.6 Å². The average molecular weight is 213 g/mol. The van der Waals surface area contributed by atoms with Gasteiger partial charge in [-0.1, -0.05) is 26.7 Å². The summed E-state index contributed by atoms with van der Waals surface area (Å²) < 4.78 is 0. The van der Waals surface area contributed by atoms with E-state index in [-0.39, 0.29) is 5.92 Å². The number of carboxylic acid groups (broad SMARTS) is 1. The molecular formula is C12H23NO2. The van der Waals surface area contributed by atoms with Crippen LogP contribution in [0, 0.1) is 11.8 Å². The summed E-state index contributed by atoms with van der Waals surface area (Å²) in [6.07, 6.45) is 4.26. The molecule has 0 heterocycles. The standard InChI is InChI=1S/C12H23NO2/c1-3-13(4-2)9-10-7-5-6-8-11(10)12(14)15/h10-11H,3-9H2,1-2H3,(H,14,15). The summed E-state index contributed by atoms with van der Waals surface area (Å²) in [5.41, 5.74) is 0. The van der Waals surface area contributed by atoms with E-state index in [2.05, 4.69) is 18.7 Å². The number of carbonyl (C=O) groups is 1. The Morgan fingerprint density at radius 1 is 1.27 bits per heavy atom. The molecule has 2 unspecified atom stereocenters. The fraction of sp³-hybridized carbons (Fsp3) is 0.917. The molecule has 1 fully saturated rings. The number of hydrogen-bond donors (Lipinski definition) is 1. The van der Waals surface area contributed by atoms with Gasteiger partial charge < -0.3 is 10.0 Å². The van der Waals surface area contributed by atoms with Crippen molar-refractivity contribution in [2.75, 3.05) is 19.6 Å². The van der Waals surface area contributed by atoms with Crippen molar-refractivity contribution >= 4 is 5.97 Å². The highest BCUT2D eigenvalue weighted by Gasteiger charge is 2.31. The number of rotatable bonds is 5. The lowest BCUT2D eigenvalue weighted by atomic mass is 9.79. The van der Waals surface area contributed by atoms with Crippen molar-refractivity contribution in [1.29, 1.82) is 0 Å². The van der Waals surface area contributed by atoms with Gasteiger partial charge in [-0.05, 0) is 31.8 Å². The first-order chi connectivity index (χ1) is 7.19. The van der Waals surface area contributed by atoms with Crippen molar-refractivity contribution in [2.45, 2.75) is 39.5 Å². The Hall–Kier alpha value is -0.570. The van der Waals surface area contributed by atoms with E-state index >= 15 is 0 Å². The number of aliphatic carboxylic acids is 1. The molecule has 0 aromatic rings. The first-order valence-corrected chi connectivity index (χ1v) is 6.14. The minimum atomic E-state index is -0.591. The predicted octanol–water partition coefficient (Wildman–Crippen LogP) is 2.22. The van der Waals surface area contributed by atoms with Crippen LogP contribution in [0.15, 0.2) is 0 Å². The van der Waals surface area contributed by atoms with Crippen molar-refractivity contribution in [1.82, 2.24) is 4.90 Å². The Morgan fingerprint density at radius 2 is 1.87 bits per heavy atom. The third-order valence-electron chi connectivity index (χ3n) is 3.61. The van der Waals surface area contributed by atoms with Gasteiger partial charge in [0.25, 0.3) is 0 Å². The zero-order chi connectivity index (χ0) is 11.3. The Balaban J connectivity index is 2.52. The van der Waals surface area contributed by atoms with Crippen molar-refractivity contribution in [2.24, 2.45) is 11.8 Å². The van der Waals surface area contributed by atoms with Crippen molar-refractivity contribution in [3.05, 3.63) is 0 Å². The molecule has 0 aromatic heterocycles. The molecule has 88 valence electrons. The summed E-state index contributed by atoms with van der Waals surface area (Å²) >= 11 is 0. The third kappa shape index (κ3) is 3.49. The van der Waals surface area contributed by atoms with Crippen LogP contribution in [0.3, 0.4) is 0 Å². The van der Waals surface area contributed by atoms with Crippen LogP contribution in [0.4, 0.5) is 0 Å². The van der Waals surface area contributed by atoms with Crippen LogP contribution in [0.25, 0.3) is 0 Å². The molecule has 0 aromatic carbocycles. The predicted molar refractivity (Wildman–Crippen MR) is 60.9 cm³/mol. The maximum atomic E-state index is 11.1. The summed E-state index contributed by atoms with van der Waals surface area (Å²) in [6.45, 7) is 7.30.